The highest BCUT2D eigenvalue weighted by atomic mass is 32.2. The number of anilines is 2. The molecule has 0 saturated heterocycles. The number of amides is 1. The first-order chi connectivity index (χ1) is 10.3. The van der Waals surface area contributed by atoms with Crippen molar-refractivity contribution in [2.45, 2.75) is 13.8 Å². The van der Waals surface area contributed by atoms with E-state index < -0.39 is 10.0 Å². The third-order valence-corrected chi connectivity index (χ3v) is 3.89. The molecule has 0 heterocycles. The number of hydrogen-bond acceptors (Lipinski definition) is 3. The Morgan fingerprint density at radius 2 is 1.73 bits per heavy atom. The van der Waals surface area contributed by atoms with Crippen LogP contribution in [0.1, 0.15) is 21.5 Å². The second kappa shape index (κ2) is 6.19. The molecule has 2 aromatic carbocycles. The Bertz CT molecular complexity index is 814. The van der Waals surface area contributed by atoms with Gasteiger partial charge in [-0.15, -0.1) is 0 Å². The first kappa shape index (κ1) is 16.0. The maximum Gasteiger partial charge on any atom is 0.255 e. The van der Waals surface area contributed by atoms with Crippen LogP contribution >= 0.6 is 0 Å². The van der Waals surface area contributed by atoms with Gasteiger partial charge in [-0.25, -0.2) is 8.42 Å². The highest BCUT2D eigenvalue weighted by Gasteiger charge is 2.10. The highest BCUT2D eigenvalue weighted by Crippen LogP contribution is 2.19. The van der Waals surface area contributed by atoms with E-state index in [1.165, 1.54) is 6.07 Å². The van der Waals surface area contributed by atoms with Crippen molar-refractivity contribution in [1.82, 2.24) is 0 Å². The zero-order valence-corrected chi connectivity index (χ0v) is 13.5. The lowest BCUT2D eigenvalue weighted by Gasteiger charge is -2.11. The summed E-state index contributed by atoms with van der Waals surface area (Å²) in [5.74, 6) is -0.286. The molecule has 2 N–H and O–H groups in total. The Morgan fingerprint density at radius 3 is 2.41 bits per heavy atom. The van der Waals surface area contributed by atoms with Gasteiger partial charge in [-0.1, -0.05) is 18.2 Å². The Morgan fingerprint density at radius 1 is 1.05 bits per heavy atom. The van der Waals surface area contributed by atoms with Crippen molar-refractivity contribution in [3.63, 3.8) is 0 Å². The molecule has 0 radical (unpaired) electrons. The lowest BCUT2D eigenvalue weighted by Crippen LogP contribution is -2.14. The zero-order valence-electron chi connectivity index (χ0n) is 12.7. The van der Waals surface area contributed by atoms with E-state index in [-0.39, 0.29) is 5.91 Å². The minimum Gasteiger partial charge on any atom is -0.322 e. The lowest BCUT2D eigenvalue weighted by atomic mass is 10.1. The summed E-state index contributed by atoms with van der Waals surface area (Å²) in [5, 5.41) is 2.84. The summed E-state index contributed by atoms with van der Waals surface area (Å²) in [4.78, 5) is 12.3. The summed E-state index contributed by atoms with van der Waals surface area (Å²) in [5.41, 5.74) is 3.57. The Labute approximate surface area is 130 Å². The molecule has 0 fully saturated rings. The second-order valence-electron chi connectivity index (χ2n) is 5.16. The van der Waals surface area contributed by atoms with E-state index in [0.717, 1.165) is 23.1 Å². The lowest BCUT2D eigenvalue weighted by molar-refractivity contribution is 0.102. The Balaban J connectivity index is 2.23. The van der Waals surface area contributed by atoms with E-state index in [0.29, 0.717) is 11.3 Å². The quantitative estimate of drug-likeness (QED) is 0.910. The fourth-order valence-electron chi connectivity index (χ4n) is 2.02. The average molecular weight is 318 g/mol. The maximum atomic E-state index is 12.3. The van der Waals surface area contributed by atoms with Crippen LogP contribution in [0.3, 0.4) is 0 Å². The van der Waals surface area contributed by atoms with Gasteiger partial charge in [0.1, 0.15) is 0 Å². The van der Waals surface area contributed by atoms with Crippen molar-refractivity contribution < 1.29 is 13.2 Å². The summed E-state index contributed by atoms with van der Waals surface area (Å²) < 4.78 is 24.8. The molecule has 0 aliphatic carbocycles. The van der Waals surface area contributed by atoms with Crippen LogP contribution < -0.4 is 10.0 Å². The molecule has 0 aliphatic rings. The topological polar surface area (TPSA) is 75.3 Å². The predicted octanol–water partition coefficient (Wildman–Crippen LogP) is 2.93. The van der Waals surface area contributed by atoms with Gasteiger partial charge in [0.2, 0.25) is 10.0 Å². The van der Waals surface area contributed by atoms with Crippen LogP contribution in [0.25, 0.3) is 0 Å². The molecule has 2 rings (SSSR count). The first-order valence-electron chi connectivity index (χ1n) is 6.72. The van der Waals surface area contributed by atoms with Gasteiger partial charge in [0.05, 0.1) is 6.26 Å². The van der Waals surface area contributed by atoms with Gasteiger partial charge in [0.15, 0.2) is 0 Å². The van der Waals surface area contributed by atoms with Crippen molar-refractivity contribution in [1.29, 1.82) is 0 Å². The summed E-state index contributed by atoms with van der Waals surface area (Å²) in [6.07, 6.45) is 1.07. The third kappa shape index (κ3) is 4.08. The van der Waals surface area contributed by atoms with Crippen molar-refractivity contribution in [3.8, 4) is 0 Å². The fourth-order valence-corrected chi connectivity index (χ4v) is 2.57. The number of rotatable bonds is 4. The van der Waals surface area contributed by atoms with Gasteiger partial charge < -0.3 is 5.32 Å². The van der Waals surface area contributed by atoms with Crippen LogP contribution in [0.5, 0.6) is 0 Å². The molecule has 0 aromatic heterocycles. The van der Waals surface area contributed by atoms with Crippen molar-refractivity contribution in [3.05, 3.63) is 59.2 Å². The van der Waals surface area contributed by atoms with Gasteiger partial charge in [0.25, 0.3) is 5.91 Å². The smallest absolute Gasteiger partial charge is 0.255 e. The molecule has 0 atom stereocenters. The van der Waals surface area contributed by atoms with Crippen LogP contribution in [0.4, 0.5) is 11.4 Å². The van der Waals surface area contributed by atoms with Crippen LogP contribution in [0.2, 0.25) is 0 Å². The molecule has 116 valence electrons. The standard InChI is InChI=1S/C16H18N2O3S/c1-11-6-4-9-15(12(11)2)17-16(19)13-7-5-8-14(10-13)18-22(3,20)21/h4-10,18H,1-3H3,(H,17,19). The summed E-state index contributed by atoms with van der Waals surface area (Å²) in [6, 6.07) is 12.0. The molecular weight excluding hydrogens is 300 g/mol. The maximum absolute atomic E-state index is 12.3. The van der Waals surface area contributed by atoms with E-state index in [4.69, 9.17) is 0 Å². The van der Waals surface area contributed by atoms with Gasteiger partial charge in [-0.3, -0.25) is 9.52 Å². The number of aryl methyl sites for hydroxylation is 1. The first-order valence-corrected chi connectivity index (χ1v) is 8.61. The van der Waals surface area contributed by atoms with Crippen molar-refractivity contribution in [2.24, 2.45) is 0 Å². The number of benzene rings is 2. The number of hydrogen-bond donors (Lipinski definition) is 2. The highest BCUT2D eigenvalue weighted by molar-refractivity contribution is 7.92. The minimum absolute atomic E-state index is 0.286. The van der Waals surface area contributed by atoms with Crippen LogP contribution in [-0.2, 0) is 10.0 Å². The molecular formula is C16H18N2O3S. The molecule has 0 saturated carbocycles. The number of sulfonamides is 1. The van der Waals surface area contributed by atoms with Gasteiger partial charge in [-0.2, -0.15) is 0 Å². The fraction of sp³-hybridized carbons (Fsp3) is 0.188. The zero-order chi connectivity index (χ0) is 16.3. The molecule has 0 spiro atoms. The Hall–Kier alpha value is -2.34. The molecule has 6 heteroatoms. The predicted molar refractivity (Wildman–Crippen MR) is 88.8 cm³/mol. The van der Waals surface area contributed by atoms with E-state index in [1.54, 1.807) is 18.2 Å². The average Bonchev–Trinajstić information content (AvgIpc) is 2.42. The van der Waals surface area contributed by atoms with Crippen LogP contribution in [0.15, 0.2) is 42.5 Å². The number of carbonyl (C=O) groups excluding carboxylic acids is 1. The van der Waals surface area contributed by atoms with Crippen LogP contribution in [0, 0.1) is 13.8 Å². The van der Waals surface area contributed by atoms with Crippen LogP contribution in [-0.4, -0.2) is 20.6 Å². The largest absolute Gasteiger partial charge is 0.322 e. The van der Waals surface area contributed by atoms with E-state index >= 15 is 0 Å². The molecule has 2 aromatic rings. The molecule has 22 heavy (non-hydrogen) atoms. The number of carbonyl (C=O) groups is 1. The van der Waals surface area contributed by atoms with Gasteiger partial charge in [-0.05, 0) is 49.2 Å². The van der Waals surface area contributed by atoms with Crippen molar-refractivity contribution in [2.75, 3.05) is 16.3 Å². The minimum atomic E-state index is -3.37. The van der Waals surface area contributed by atoms with Crippen molar-refractivity contribution >= 4 is 27.3 Å². The summed E-state index contributed by atoms with van der Waals surface area (Å²) >= 11 is 0. The third-order valence-electron chi connectivity index (χ3n) is 3.28. The van der Waals surface area contributed by atoms with E-state index in [2.05, 4.69) is 10.0 Å². The van der Waals surface area contributed by atoms with Gasteiger partial charge >= 0.3 is 0 Å². The monoisotopic (exact) mass is 318 g/mol. The summed E-state index contributed by atoms with van der Waals surface area (Å²) in [6.45, 7) is 3.91. The normalized spacial score (nSPS) is 11.0. The Kier molecular flexibility index (Phi) is 4.51. The SMILES string of the molecule is Cc1cccc(NC(=O)c2cccc(NS(C)(=O)=O)c2)c1C. The molecule has 0 aliphatic heterocycles. The molecule has 0 bridgehead atoms. The molecule has 1 amide bonds. The van der Waals surface area contributed by atoms with E-state index in [9.17, 15) is 13.2 Å². The van der Waals surface area contributed by atoms with Gasteiger partial charge in [0, 0.05) is 16.9 Å². The molecule has 0 unspecified atom stereocenters. The summed E-state index contributed by atoms with van der Waals surface area (Å²) in [7, 11) is -3.37. The number of nitrogens with one attached hydrogen (secondary N) is 2. The molecule has 5 nitrogen and oxygen atoms in total. The second-order valence-corrected chi connectivity index (χ2v) is 6.91. The van der Waals surface area contributed by atoms with E-state index in [1.807, 2.05) is 32.0 Å².